The van der Waals surface area contributed by atoms with Crippen LogP contribution in [0.4, 0.5) is 0 Å². The zero-order chi connectivity index (χ0) is 45.9. The maximum absolute atomic E-state index is 14.2. The number of aliphatic hydroxyl groups excluding tert-OH is 1. The van der Waals surface area contributed by atoms with Crippen molar-refractivity contribution in [3.05, 3.63) is 99.6 Å². The quantitative estimate of drug-likeness (QED) is 0.139. The predicted molar refractivity (Wildman–Crippen MR) is 248 cm³/mol. The van der Waals surface area contributed by atoms with Gasteiger partial charge < -0.3 is 51.4 Å². The summed E-state index contributed by atoms with van der Waals surface area (Å²) >= 11 is 1.59. The number of aliphatic hydroxyl groups is 1. The number of ether oxygens (including phenoxy) is 1. The van der Waals surface area contributed by atoms with Crippen LogP contribution >= 0.6 is 11.3 Å². The van der Waals surface area contributed by atoms with Crippen molar-refractivity contribution in [2.75, 3.05) is 52.4 Å². The van der Waals surface area contributed by atoms with Gasteiger partial charge in [0.2, 0.25) is 11.8 Å². The number of aromatic nitrogens is 2. The standard InChI is InChI=1S/C48H66N10O6S.K/c1-28(2)44(48(62)58-25-35(59)22-39(58)47(61)53-29(3)32-10-12-33(13-11-32)45-31(5)51-27-65-45)42-24-43(54-64-42)63-21-20-55-16-14-34(15-17-55)56-18-19-57-38(46(50)52-30(4)40(57)26-56)23-37(49)36-8-6-7-9-41(36)60;/h6,8,10-13,23-24,27-30,34-35,39-40,44,52,59-60H,7,9,14-22,25-26,49-50H2,1-5H3,(H,53,61);/q;+1/p-1/b37-23-;. The van der Waals surface area contributed by atoms with Gasteiger partial charge in [0.05, 0.1) is 40.0 Å². The third kappa shape index (κ3) is 11.2. The molecule has 350 valence electrons. The van der Waals surface area contributed by atoms with Gasteiger partial charge in [0.25, 0.3) is 5.88 Å². The number of thiazole rings is 1. The molecule has 16 nitrogen and oxygen atoms in total. The molecule has 18 heteroatoms. The molecule has 66 heavy (non-hydrogen) atoms. The van der Waals surface area contributed by atoms with E-state index in [1.807, 2.05) is 75.7 Å². The van der Waals surface area contributed by atoms with Gasteiger partial charge >= 0.3 is 51.4 Å². The Kier molecular flexibility index (Phi) is 16.8. The summed E-state index contributed by atoms with van der Waals surface area (Å²) < 4.78 is 11.8. The minimum absolute atomic E-state index is 0. The zero-order valence-electron chi connectivity index (χ0n) is 39.2. The summed E-state index contributed by atoms with van der Waals surface area (Å²) in [5, 5.41) is 34.0. The topological polar surface area (TPSA) is 215 Å². The molecule has 0 spiro atoms. The van der Waals surface area contributed by atoms with Gasteiger partial charge in [0.1, 0.15) is 24.4 Å². The molecule has 3 fully saturated rings. The first-order valence-electron chi connectivity index (χ1n) is 23.2. The summed E-state index contributed by atoms with van der Waals surface area (Å²) in [4.78, 5) is 42.3. The SMILES string of the molecule is Cc1ncsc1-c1ccc(C(C)NC(=O)C2CC(O)CN2C(=O)C(c2cc(OCCN3CCC(N4CCN5C(/C=C(\N)C6=C([O-])CCC=C6)=C(N)NC(C)C5C4)CC3)no2)C(C)C)cc1.[K+]. The molecule has 3 saturated heterocycles. The minimum Gasteiger partial charge on any atom is -0.875 e. The Morgan fingerprint density at radius 1 is 1.14 bits per heavy atom. The fourth-order valence-electron chi connectivity index (χ4n) is 10.1. The van der Waals surface area contributed by atoms with Crippen molar-refractivity contribution in [1.29, 1.82) is 0 Å². The monoisotopic (exact) mass is 948 g/mol. The summed E-state index contributed by atoms with van der Waals surface area (Å²) in [6, 6.07) is 9.44. The number of aryl methyl sites for hydroxylation is 1. The van der Waals surface area contributed by atoms with Gasteiger partial charge in [0, 0.05) is 63.0 Å². The third-order valence-corrected chi connectivity index (χ3v) is 14.8. The average Bonchev–Trinajstić information content (AvgIpc) is 4.05. The van der Waals surface area contributed by atoms with Crippen LogP contribution in [-0.4, -0.2) is 129 Å². The first-order chi connectivity index (χ1) is 31.2. The van der Waals surface area contributed by atoms with Crippen LogP contribution in [0.5, 0.6) is 5.88 Å². The molecule has 1 aromatic carbocycles. The number of nitrogens with two attached hydrogens (primary N) is 2. The second-order valence-electron chi connectivity index (χ2n) is 18.6. The van der Waals surface area contributed by atoms with E-state index in [9.17, 15) is 19.8 Å². The molecular weight excluding hydrogens is 884 g/mol. The van der Waals surface area contributed by atoms with Gasteiger partial charge in [-0.05, 0) is 93.4 Å². The molecule has 6 atom stereocenters. The summed E-state index contributed by atoms with van der Waals surface area (Å²) in [5.74, 6) is -0.147. The van der Waals surface area contributed by atoms with E-state index in [-0.39, 0.29) is 106 Å². The van der Waals surface area contributed by atoms with E-state index in [4.69, 9.17) is 20.7 Å². The van der Waals surface area contributed by atoms with Gasteiger partial charge in [-0.1, -0.05) is 50.3 Å². The van der Waals surface area contributed by atoms with E-state index >= 15 is 0 Å². The normalized spacial score (nSPS) is 24.3. The fraction of sp³-hybridized carbons (Fsp3) is 0.542. The molecule has 6 heterocycles. The number of β-amino-alcohol motifs (C(OH)–C–C–N with tert-alkyl or cyclic N) is 1. The maximum atomic E-state index is 14.2. The predicted octanol–water partition coefficient (Wildman–Crippen LogP) is 0.445. The van der Waals surface area contributed by atoms with E-state index in [1.54, 1.807) is 17.4 Å². The Labute approximate surface area is 434 Å². The number of benzene rings is 1. The number of nitrogens with zero attached hydrogens (tertiary/aromatic N) is 6. The van der Waals surface area contributed by atoms with Crippen LogP contribution in [0.25, 0.3) is 10.4 Å². The molecule has 3 aromatic rings. The Morgan fingerprint density at radius 2 is 1.89 bits per heavy atom. The van der Waals surface area contributed by atoms with Crippen molar-refractivity contribution in [1.82, 2.24) is 40.4 Å². The van der Waals surface area contributed by atoms with Crippen molar-refractivity contribution in [3.63, 3.8) is 0 Å². The molecule has 5 aliphatic rings. The number of hydrogen-bond donors (Lipinski definition) is 5. The van der Waals surface area contributed by atoms with E-state index in [1.165, 1.54) is 4.90 Å². The molecule has 8 rings (SSSR count). The molecule has 7 N–H and O–H groups in total. The number of likely N-dealkylation sites (tertiary alicyclic amines) is 2. The van der Waals surface area contributed by atoms with E-state index in [2.05, 4.69) is 42.4 Å². The van der Waals surface area contributed by atoms with Crippen LogP contribution in [0.3, 0.4) is 0 Å². The number of amides is 2. The van der Waals surface area contributed by atoms with Gasteiger partial charge in [0.15, 0.2) is 5.76 Å². The van der Waals surface area contributed by atoms with Crippen LogP contribution in [0.2, 0.25) is 0 Å². The molecule has 0 radical (unpaired) electrons. The Morgan fingerprint density at radius 3 is 2.59 bits per heavy atom. The second kappa shape index (κ2) is 22.1. The van der Waals surface area contributed by atoms with Crippen LogP contribution in [0, 0.1) is 12.8 Å². The molecule has 2 amide bonds. The molecule has 0 bridgehead atoms. The number of piperazine rings is 1. The molecule has 6 unspecified atom stereocenters. The summed E-state index contributed by atoms with van der Waals surface area (Å²) in [6.45, 7) is 15.7. The summed E-state index contributed by atoms with van der Waals surface area (Å²) in [6.07, 6.45) is 8.35. The van der Waals surface area contributed by atoms with Crippen LogP contribution < -0.4 is 83.3 Å². The number of rotatable bonds is 14. The minimum atomic E-state index is -0.825. The molecule has 2 aromatic heterocycles. The smallest absolute Gasteiger partial charge is 0.875 e. The zero-order valence-corrected chi connectivity index (χ0v) is 43.2. The molecule has 0 saturated carbocycles. The number of fused-ring (bicyclic) bond motifs is 1. The van der Waals surface area contributed by atoms with Gasteiger partial charge in [-0.25, -0.2) is 4.98 Å². The Hall–Kier alpha value is -3.72. The van der Waals surface area contributed by atoms with Crippen molar-refractivity contribution in [2.45, 2.75) is 109 Å². The van der Waals surface area contributed by atoms with Crippen LogP contribution in [0.1, 0.15) is 88.8 Å². The first kappa shape index (κ1) is 50.2. The van der Waals surface area contributed by atoms with Crippen molar-refractivity contribution in [3.8, 4) is 16.3 Å². The van der Waals surface area contributed by atoms with E-state index in [0.29, 0.717) is 47.8 Å². The average molecular weight is 949 g/mol. The largest absolute Gasteiger partial charge is 1.00 e. The Bertz CT molecular complexity index is 2300. The Balaban J connectivity index is 0.00000648. The van der Waals surface area contributed by atoms with Gasteiger partial charge in [-0.2, -0.15) is 0 Å². The molecule has 4 aliphatic heterocycles. The van der Waals surface area contributed by atoms with Crippen molar-refractivity contribution < 1.29 is 80.4 Å². The number of piperidine rings is 1. The van der Waals surface area contributed by atoms with E-state index < -0.39 is 18.1 Å². The van der Waals surface area contributed by atoms with Crippen LogP contribution in [-0.2, 0) is 9.59 Å². The molecule has 1 aliphatic carbocycles. The van der Waals surface area contributed by atoms with Gasteiger partial charge in [-0.15, -0.1) is 17.1 Å². The third-order valence-electron chi connectivity index (χ3n) is 13.8. The molecular formula is C48H65KN10O6S. The summed E-state index contributed by atoms with van der Waals surface area (Å²) in [7, 11) is 0. The summed E-state index contributed by atoms with van der Waals surface area (Å²) in [5.41, 5.74) is 19.7. The first-order valence-corrected chi connectivity index (χ1v) is 24.1. The van der Waals surface area contributed by atoms with Crippen molar-refractivity contribution in [2.24, 2.45) is 17.4 Å². The number of carbonyl (C=O) groups is 2. The maximum Gasteiger partial charge on any atom is 1.00 e. The van der Waals surface area contributed by atoms with Crippen LogP contribution in [0.15, 0.2) is 87.1 Å². The number of carbonyl (C=O) groups excluding carboxylic acids is 2. The van der Waals surface area contributed by atoms with Crippen molar-refractivity contribution >= 4 is 23.2 Å². The van der Waals surface area contributed by atoms with Gasteiger partial charge in [-0.3, -0.25) is 19.4 Å². The second-order valence-corrected chi connectivity index (χ2v) is 19.4. The fourth-order valence-corrected chi connectivity index (χ4v) is 10.9. The number of hydrogen-bond acceptors (Lipinski definition) is 15. The van der Waals surface area contributed by atoms with E-state index in [0.717, 1.165) is 85.9 Å². The number of nitrogens with one attached hydrogen (secondary N) is 2. The number of allylic oxidation sites excluding steroid dienone is 4.